The molecule has 0 bridgehead atoms. The summed E-state index contributed by atoms with van der Waals surface area (Å²) in [6.45, 7) is 0. The minimum atomic E-state index is -0.106. The van der Waals surface area contributed by atoms with Gasteiger partial charge in [-0.15, -0.1) is 0 Å². The normalized spacial score (nSPS) is 10.1. The molecule has 0 spiro atoms. The van der Waals surface area contributed by atoms with Crippen LogP contribution < -0.4 is 5.32 Å². The third-order valence-corrected chi connectivity index (χ3v) is 3.15. The van der Waals surface area contributed by atoms with Crippen LogP contribution in [0.1, 0.15) is 5.56 Å². The number of carbonyl (C=O) groups is 1. The van der Waals surface area contributed by atoms with Gasteiger partial charge in [0.05, 0.1) is 12.1 Å². The van der Waals surface area contributed by atoms with Crippen LogP contribution in [0, 0.1) is 0 Å². The number of carbonyl (C=O) groups excluding carboxylic acids is 1. The Labute approximate surface area is 118 Å². The van der Waals surface area contributed by atoms with Crippen molar-refractivity contribution in [2.75, 3.05) is 5.32 Å². The molecule has 0 aliphatic carbocycles. The molecular weight excluding hydrogens is 316 g/mol. The molecule has 2 rings (SSSR count). The highest BCUT2D eigenvalue weighted by atomic mass is 79.9. The van der Waals surface area contributed by atoms with E-state index >= 15 is 0 Å². The number of rotatable bonds is 3. The Kier molecular flexibility index (Phi) is 4.33. The molecule has 1 amide bonds. The minimum Gasteiger partial charge on any atom is -0.323 e. The summed E-state index contributed by atoms with van der Waals surface area (Å²) in [5, 5.41) is 3.41. The molecule has 5 heteroatoms. The van der Waals surface area contributed by atoms with Crippen molar-refractivity contribution in [3.63, 3.8) is 0 Å². The third kappa shape index (κ3) is 3.55. The molecule has 18 heavy (non-hydrogen) atoms. The van der Waals surface area contributed by atoms with Gasteiger partial charge in [-0.2, -0.15) is 0 Å². The lowest BCUT2D eigenvalue weighted by Crippen LogP contribution is -2.14. The first-order chi connectivity index (χ1) is 8.65. The average Bonchev–Trinajstić information content (AvgIpc) is 2.32. The molecule has 2 aromatic rings. The van der Waals surface area contributed by atoms with E-state index in [4.69, 9.17) is 11.6 Å². The number of hydrogen-bond acceptors (Lipinski definition) is 2. The standard InChI is InChI=1S/C13H10BrClN2O/c14-13-11(5-2-6-16-13)17-12(18)8-9-3-1-4-10(15)7-9/h1-7H,8H2,(H,17,18). The molecule has 1 aromatic heterocycles. The summed E-state index contributed by atoms with van der Waals surface area (Å²) in [6.07, 6.45) is 1.93. The topological polar surface area (TPSA) is 42.0 Å². The zero-order valence-electron chi connectivity index (χ0n) is 9.36. The Morgan fingerprint density at radius 2 is 2.17 bits per heavy atom. The largest absolute Gasteiger partial charge is 0.323 e. The molecule has 0 unspecified atom stereocenters. The Bertz CT molecular complexity index is 574. The van der Waals surface area contributed by atoms with Gasteiger partial charge in [-0.05, 0) is 45.8 Å². The number of pyridine rings is 1. The van der Waals surface area contributed by atoms with E-state index in [2.05, 4.69) is 26.2 Å². The van der Waals surface area contributed by atoms with Gasteiger partial charge in [-0.25, -0.2) is 4.98 Å². The van der Waals surface area contributed by atoms with Crippen molar-refractivity contribution >= 4 is 39.1 Å². The van der Waals surface area contributed by atoms with Crippen LogP contribution in [0.5, 0.6) is 0 Å². The van der Waals surface area contributed by atoms with E-state index in [0.29, 0.717) is 15.3 Å². The van der Waals surface area contributed by atoms with Gasteiger partial charge in [0.25, 0.3) is 0 Å². The second-order valence-corrected chi connectivity index (χ2v) is 4.88. The Morgan fingerprint density at radius 3 is 2.89 bits per heavy atom. The molecule has 0 aliphatic rings. The van der Waals surface area contributed by atoms with Gasteiger partial charge in [0.2, 0.25) is 5.91 Å². The summed E-state index contributed by atoms with van der Waals surface area (Å²) in [5.74, 6) is -0.106. The van der Waals surface area contributed by atoms with E-state index in [1.807, 2.05) is 12.1 Å². The molecule has 0 atom stereocenters. The van der Waals surface area contributed by atoms with Gasteiger partial charge in [0.15, 0.2) is 0 Å². The Morgan fingerprint density at radius 1 is 1.33 bits per heavy atom. The van der Waals surface area contributed by atoms with Crippen molar-refractivity contribution < 1.29 is 4.79 Å². The summed E-state index contributed by atoms with van der Waals surface area (Å²) < 4.78 is 0.615. The lowest BCUT2D eigenvalue weighted by Gasteiger charge is -2.06. The molecule has 0 fully saturated rings. The molecular formula is C13H10BrClN2O. The highest BCUT2D eigenvalue weighted by Crippen LogP contribution is 2.18. The quantitative estimate of drug-likeness (QED) is 0.875. The third-order valence-electron chi connectivity index (χ3n) is 2.29. The molecule has 1 aromatic carbocycles. The summed E-state index contributed by atoms with van der Waals surface area (Å²) in [4.78, 5) is 15.9. The van der Waals surface area contributed by atoms with Crippen LogP contribution in [-0.2, 0) is 11.2 Å². The maximum Gasteiger partial charge on any atom is 0.228 e. The van der Waals surface area contributed by atoms with Crippen LogP contribution in [0.15, 0.2) is 47.2 Å². The highest BCUT2D eigenvalue weighted by molar-refractivity contribution is 9.10. The van der Waals surface area contributed by atoms with Crippen molar-refractivity contribution in [3.05, 3.63) is 57.8 Å². The Hall–Kier alpha value is -1.39. The lowest BCUT2D eigenvalue weighted by atomic mass is 10.1. The molecule has 0 saturated heterocycles. The van der Waals surface area contributed by atoms with E-state index in [9.17, 15) is 4.79 Å². The zero-order valence-corrected chi connectivity index (χ0v) is 11.7. The second-order valence-electron chi connectivity index (χ2n) is 3.70. The van der Waals surface area contributed by atoms with E-state index in [0.717, 1.165) is 5.56 Å². The van der Waals surface area contributed by atoms with Gasteiger partial charge < -0.3 is 5.32 Å². The highest BCUT2D eigenvalue weighted by Gasteiger charge is 2.07. The van der Waals surface area contributed by atoms with E-state index in [1.165, 1.54) is 0 Å². The van der Waals surface area contributed by atoms with Crippen molar-refractivity contribution in [2.24, 2.45) is 0 Å². The summed E-state index contributed by atoms with van der Waals surface area (Å²) in [7, 11) is 0. The fraction of sp³-hybridized carbons (Fsp3) is 0.0769. The van der Waals surface area contributed by atoms with Gasteiger partial charge in [0, 0.05) is 11.2 Å². The zero-order chi connectivity index (χ0) is 13.0. The van der Waals surface area contributed by atoms with Gasteiger partial charge >= 0.3 is 0 Å². The van der Waals surface area contributed by atoms with Gasteiger partial charge in [-0.1, -0.05) is 23.7 Å². The van der Waals surface area contributed by atoms with Crippen molar-refractivity contribution in [3.8, 4) is 0 Å². The molecule has 0 radical (unpaired) electrons. The summed E-state index contributed by atoms with van der Waals surface area (Å²) >= 11 is 9.14. The predicted octanol–water partition coefficient (Wildman–Crippen LogP) is 3.68. The first kappa shape index (κ1) is 13.1. The van der Waals surface area contributed by atoms with E-state index < -0.39 is 0 Å². The number of benzene rings is 1. The first-order valence-corrected chi connectivity index (χ1v) is 6.47. The molecule has 0 aliphatic heterocycles. The lowest BCUT2D eigenvalue weighted by molar-refractivity contribution is -0.115. The number of aromatic nitrogens is 1. The Balaban J connectivity index is 2.03. The van der Waals surface area contributed by atoms with Crippen LogP contribution in [0.3, 0.4) is 0 Å². The number of halogens is 2. The number of amides is 1. The van der Waals surface area contributed by atoms with Crippen LogP contribution in [0.2, 0.25) is 5.02 Å². The fourth-order valence-corrected chi connectivity index (χ4v) is 2.07. The van der Waals surface area contributed by atoms with Crippen LogP contribution in [0.25, 0.3) is 0 Å². The van der Waals surface area contributed by atoms with Gasteiger partial charge in [0.1, 0.15) is 4.60 Å². The second kappa shape index (κ2) is 5.98. The number of nitrogens with one attached hydrogen (secondary N) is 1. The molecule has 1 heterocycles. The van der Waals surface area contributed by atoms with E-state index in [1.54, 1.807) is 30.5 Å². The smallest absolute Gasteiger partial charge is 0.228 e. The van der Waals surface area contributed by atoms with Crippen LogP contribution in [0.4, 0.5) is 5.69 Å². The predicted molar refractivity (Wildman–Crippen MR) is 75.7 cm³/mol. The van der Waals surface area contributed by atoms with Crippen molar-refractivity contribution in [1.82, 2.24) is 4.98 Å². The molecule has 1 N–H and O–H groups in total. The molecule has 3 nitrogen and oxygen atoms in total. The van der Waals surface area contributed by atoms with Crippen LogP contribution in [-0.4, -0.2) is 10.9 Å². The first-order valence-electron chi connectivity index (χ1n) is 5.30. The number of hydrogen-bond donors (Lipinski definition) is 1. The maximum absolute atomic E-state index is 11.8. The SMILES string of the molecule is O=C(Cc1cccc(Cl)c1)Nc1cccnc1Br. The number of anilines is 1. The van der Waals surface area contributed by atoms with Gasteiger partial charge in [-0.3, -0.25) is 4.79 Å². The number of nitrogens with zero attached hydrogens (tertiary/aromatic N) is 1. The van der Waals surface area contributed by atoms with Crippen LogP contribution >= 0.6 is 27.5 Å². The summed E-state index contributed by atoms with van der Waals surface area (Å²) in [5.41, 5.74) is 1.53. The maximum atomic E-state index is 11.8. The minimum absolute atomic E-state index is 0.106. The molecule has 0 saturated carbocycles. The monoisotopic (exact) mass is 324 g/mol. The van der Waals surface area contributed by atoms with Crippen molar-refractivity contribution in [2.45, 2.75) is 6.42 Å². The average molecular weight is 326 g/mol. The van der Waals surface area contributed by atoms with E-state index in [-0.39, 0.29) is 12.3 Å². The summed E-state index contributed by atoms with van der Waals surface area (Å²) in [6, 6.07) is 10.8. The fourth-order valence-electron chi connectivity index (χ4n) is 1.51. The van der Waals surface area contributed by atoms with Crippen molar-refractivity contribution in [1.29, 1.82) is 0 Å². The molecule has 92 valence electrons.